The molecule has 32 heavy (non-hydrogen) atoms. The minimum atomic E-state index is -0.749. The second-order valence-electron chi connectivity index (χ2n) is 8.77. The average Bonchev–Trinajstić information content (AvgIpc) is 3.45. The van der Waals surface area contributed by atoms with Crippen molar-refractivity contribution >= 4 is 40.4 Å². The third-order valence-corrected chi connectivity index (χ3v) is 7.02. The van der Waals surface area contributed by atoms with E-state index >= 15 is 0 Å². The molecule has 3 aliphatic heterocycles. The molecule has 0 radical (unpaired) electrons. The lowest BCUT2D eigenvalue weighted by atomic mass is 9.98. The van der Waals surface area contributed by atoms with Crippen LogP contribution in [0.25, 0.3) is 11.0 Å². The molecule has 8 heteroatoms. The highest BCUT2D eigenvalue weighted by molar-refractivity contribution is 6.10. The summed E-state index contributed by atoms with van der Waals surface area (Å²) in [4.78, 5) is 49.1. The first-order valence-electron chi connectivity index (χ1n) is 11.0. The Hall–Kier alpha value is -3.68. The highest BCUT2D eigenvalue weighted by Crippen LogP contribution is 2.44. The largest absolute Gasteiger partial charge is 0.315 e. The zero-order valence-corrected chi connectivity index (χ0v) is 17.8. The van der Waals surface area contributed by atoms with Gasteiger partial charge in [-0.2, -0.15) is 0 Å². The van der Waals surface area contributed by atoms with Crippen LogP contribution in [0, 0.1) is 0 Å². The number of rotatable bonds is 3. The molecule has 1 atom stereocenters. The van der Waals surface area contributed by atoms with Gasteiger partial charge in [-0.1, -0.05) is 24.3 Å². The third kappa shape index (κ3) is 2.49. The number of benzene rings is 2. The molecular weight excluding hydrogens is 406 g/mol. The summed E-state index contributed by atoms with van der Waals surface area (Å²) in [6, 6.07) is 15.1. The summed E-state index contributed by atoms with van der Waals surface area (Å²) in [6.45, 7) is 3.46. The van der Waals surface area contributed by atoms with Crippen LogP contribution in [-0.4, -0.2) is 50.9 Å². The van der Waals surface area contributed by atoms with Crippen LogP contribution < -0.4 is 9.80 Å². The van der Waals surface area contributed by atoms with Gasteiger partial charge in [0.25, 0.3) is 5.91 Å². The smallest absolute Gasteiger partial charge is 0.257 e. The van der Waals surface area contributed by atoms with Gasteiger partial charge in [0.05, 0.1) is 22.3 Å². The van der Waals surface area contributed by atoms with Crippen molar-refractivity contribution < 1.29 is 14.4 Å². The summed E-state index contributed by atoms with van der Waals surface area (Å²) in [5, 5.41) is 0. The molecule has 0 aliphatic carbocycles. The number of anilines is 2. The Bertz CT molecular complexity index is 1300. The second kappa shape index (κ2) is 6.66. The van der Waals surface area contributed by atoms with E-state index in [1.165, 1.54) is 0 Å². The Morgan fingerprint density at radius 2 is 1.84 bits per heavy atom. The van der Waals surface area contributed by atoms with E-state index in [1.54, 1.807) is 26.8 Å². The van der Waals surface area contributed by atoms with Crippen LogP contribution >= 0.6 is 0 Å². The van der Waals surface area contributed by atoms with Gasteiger partial charge in [0.1, 0.15) is 5.66 Å². The fourth-order valence-corrected chi connectivity index (χ4v) is 5.41. The van der Waals surface area contributed by atoms with E-state index in [-0.39, 0.29) is 30.7 Å². The van der Waals surface area contributed by atoms with Crippen LogP contribution in [0.2, 0.25) is 0 Å². The topological polar surface area (TPSA) is 78.8 Å². The number of imidazole rings is 1. The molecule has 1 fully saturated rings. The molecule has 8 nitrogen and oxygen atoms in total. The Kier molecular flexibility index (Phi) is 3.96. The zero-order chi connectivity index (χ0) is 22.0. The molecule has 4 heterocycles. The number of carbonyl (C=O) groups is 3. The van der Waals surface area contributed by atoms with Crippen LogP contribution in [0.4, 0.5) is 11.6 Å². The molecule has 3 amide bonds. The fourth-order valence-electron chi connectivity index (χ4n) is 5.41. The fraction of sp³-hybridized carbons (Fsp3) is 0.333. The minimum absolute atomic E-state index is 0.0111. The number of hydrogen-bond acceptors (Lipinski definition) is 4. The van der Waals surface area contributed by atoms with E-state index in [4.69, 9.17) is 0 Å². The van der Waals surface area contributed by atoms with Crippen molar-refractivity contribution in [2.75, 3.05) is 22.9 Å². The Balaban J connectivity index is 1.27. The molecular formula is C24H23N5O3. The van der Waals surface area contributed by atoms with Gasteiger partial charge >= 0.3 is 0 Å². The molecule has 0 saturated carbocycles. The quantitative estimate of drug-likeness (QED) is 0.641. The number of fused-ring (bicyclic) bond motifs is 6. The predicted molar refractivity (Wildman–Crippen MR) is 119 cm³/mol. The molecule has 0 unspecified atom stereocenters. The molecule has 0 spiro atoms. The Morgan fingerprint density at radius 1 is 1.06 bits per heavy atom. The summed E-state index contributed by atoms with van der Waals surface area (Å²) in [5.41, 5.74) is 2.32. The highest BCUT2D eigenvalue weighted by atomic mass is 16.2. The number of hydrogen-bond donors (Lipinski definition) is 0. The molecule has 2 aromatic carbocycles. The van der Waals surface area contributed by atoms with Crippen LogP contribution in [0.3, 0.4) is 0 Å². The van der Waals surface area contributed by atoms with Crippen LogP contribution in [-0.2, 0) is 16.1 Å². The number of amides is 3. The van der Waals surface area contributed by atoms with Crippen LogP contribution in [0.15, 0.2) is 48.5 Å². The van der Waals surface area contributed by atoms with Gasteiger partial charge in [-0.25, -0.2) is 4.98 Å². The maximum absolute atomic E-state index is 13.4. The predicted octanol–water partition coefficient (Wildman–Crippen LogP) is 2.77. The van der Waals surface area contributed by atoms with E-state index in [1.807, 2.05) is 43.3 Å². The second-order valence-corrected chi connectivity index (χ2v) is 8.77. The lowest BCUT2D eigenvalue weighted by molar-refractivity contribution is -0.118. The van der Waals surface area contributed by atoms with Gasteiger partial charge < -0.3 is 9.47 Å². The monoisotopic (exact) mass is 429 g/mol. The highest BCUT2D eigenvalue weighted by Gasteiger charge is 2.52. The summed E-state index contributed by atoms with van der Waals surface area (Å²) in [7, 11) is 0. The maximum Gasteiger partial charge on any atom is 0.257 e. The summed E-state index contributed by atoms with van der Waals surface area (Å²) in [6.07, 6.45) is 1.12. The number of aromatic nitrogens is 2. The molecule has 1 saturated heterocycles. The molecule has 6 rings (SSSR count). The van der Waals surface area contributed by atoms with E-state index in [0.717, 1.165) is 11.0 Å². The Morgan fingerprint density at radius 3 is 2.72 bits per heavy atom. The number of carbonyl (C=O) groups excluding carboxylic acids is 3. The van der Waals surface area contributed by atoms with Crippen LogP contribution in [0.1, 0.15) is 36.5 Å². The summed E-state index contributed by atoms with van der Waals surface area (Å²) >= 11 is 0. The van der Waals surface area contributed by atoms with Gasteiger partial charge in [-0.15, -0.1) is 0 Å². The lowest BCUT2D eigenvalue weighted by Gasteiger charge is -2.48. The summed E-state index contributed by atoms with van der Waals surface area (Å²) in [5.74, 6) is 0.480. The first-order valence-corrected chi connectivity index (χ1v) is 11.0. The molecule has 1 aromatic heterocycles. The van der Waals surface area contributed by atoms with Crippen molar-refractivity contribution in [2.24, 2.45) is 0 Å². The van der Waals surface area contributed by atoms with E-state index in [2.05, 4.69) is 9.55 Å². The van der Waals surface area contributed by atoms with Gasteiger partial charge in [0.15, 0.2) is 0 Å². The van der Waals surface area contributed by atoms with Crippen molar-refractivity contribution in [3.05, 3.63) is 54.1 Å². The minimum Gasteiger partial charge on any atom is -0.315 e. The van der Waals surface area contributed by atoms with Crippen molar-refractivity contribution in [3.8, 4) is 0 Å². The first-order chi connectivity index (χ1) is 15.5. The van der Waals surface area contributed by atoms with E-state index < -0.39 is 5.66 Å². The van der Waals surface area contributed by atoms with Gasteiger partial charge in [0, 0.05) is 32.5 Å². The van der Waals surface area contributed by atoms with Gasteiger partial charge in [0.2, 0.25) is 17.8 Å². The molecule has 3 aliphatic rings. The summed E-state index contributed by atoms with van der Waals surface area (Å²) < 4.78 is 2.06. The van der Waals surface area contributed by atoms with E-state index in [0.29, 0.717) is 43.1 Å². The first kappa shape index (κ1) is 19.0. The zero-order valence-electron chi connectivity index (χ0n) is 17.8. The molecule has 0 bridgehead atoms. The van der Waals surface area contributed by atoms with Crippen molar-refractivity contribution in [2.45, 2.75) is 38.4 Å². The number of nitrogens with zero attached hydrogens (tertiary/aromatic N) is 5. The van der Waals surface area contributed by atoms with Gasteiger partial charge in [-0.05, 0) is 37.6 Å². The molecule has 0 N–H and O–H groups in total. The number of para-hydroxylation sites is 3. The Labute approximate surface area is 185 Å². The SMILES string of the molecule is C[C@@]12CCC(=O)N1c1ccccc1C(=O)N2CCC(=O)N1CCn2c1nc1ccccc12. The van der Waals surface area contributed by atoms with Crippen molar-refractivity contribution in [1.29, 1.82) is 0 Å². The van der Waals surface area contributed by atoms with Crippen molar-refractivity contribution in [1.82, 2.24) is 14.5 Å². The average molecular weight is 429 g/mol. The normalized spacial score (nSPS) is 21.8. The lowest BCUT2D eigenvalue weighted by Crippen LogP contribution is -2.62. The van der Waals surface area contributed by atoms with Crippen LogP contribution in [0.5, 0.6) is 0 Å². The molecule has 162 valence electrons. The van der Waals surface area contributed by atoms with Crippen molar-refractivity contribution in [3.63, 3.8) is 0 Å². The molecule has 3 aromatic rings. The third-order valence-electron chi connectivity index (χ3n) is 7.02. The van der Waals surface area contributed by atoms with E-state index in [9.17, 15) is 14.4 Å². The van der Waals surface area contributed by atoms with Gasteiger partial charge in [-0.3, -0.25) is 24.2 Å². The maximum atomic E-state index is 13.4. The standard InChI is InChI=1S/C24H23N5O3/c1-24-12-10-21(31)29(24)18-8-4-2-6-16(18)22(32)28(24)13-11-20(30)27-15-14-26-19-9-5-3-7-17(19)25-23(26)27/h2-9H,10-15H2,1H3/t24-/m0/s1.